The number of anilines is 2. The van der Waals surface area contributed by atoms with Crippen LogP contribution in [0.3, 0.4) is 0 Å². The molecule has 1 N–H and O–H groups in total. The highest BCUT2D eigenvalue weighted by Crippen LogP contribution is 2.20. The van der Waals surface area contributed by atoms with Crippen LogP contribution < -0.4 is 10.2 Å². The van der Waals surface area contributed by atoms with Gasteiger partial charge in [0.05, 0.1) is 12.1 Å². The van der Waals surface area contributed by atoms with Gasteiger partial charge in [-0.2, -0.15) is 5.26 Å². The SMILES string of the molecule is Cc1cc(Br)ccc1NC(=O)CN(C)c1ncccc1C#N. The van der Waals surface area contributed by atoms with Gasteiger partial charge in [0.15, 0.2) is 0 Å². The Labute approximate surface area is 137 Å². The van der Waals surface area contributed by atoms with Crippen LogP contribution in [0.25, 0.3) is 0 Å². The Balaban J connectivity index is 2.07. The van der Waals surface area contributed by atoms with Crippen LogP contribution in [0, 0.1) is 18.3 Å². The molecule has 1 aromatic carbocycles. The number of amides is 1. The van der Waals surface area contributed by atoms with Crippen molar-refractivity contribution in [1.82, 2.24) is 4.98 Å². The molecule has 0 atom stereocenters. The number of carbonyl (C=O) groups excluding carboxylic acids is 1. The van der Waals surface area contributed by atoms with E-state index < -0.39 is 0 Å². The van der Waals surface area contributed by atoms with Gasteiger partial charge in [-0.1, -0.05) is 15.9 Å². The molecule has 22 heavy (non-hydrogen) atoms. The molecule has 6 heteroatoms. The molecule has 0 radical (unpaired) electrons. The Morgan fingerprint density at radius 3 is 2.91 bits per heavy atom. The summed E-state index contributed by atoms with van der Waals surface area (Å²) < 4.78 is 0.965. The van der Waals surface area contributed by atoms with Crippen LogP contribution in [0.5, 0.6) is 0 Å². The fraction of sp³-hybridized carbons (Fsp3) is 0.188. The number of benzene rings is 1. The number of aromatic nitrogens is 1. The minimum absolute atomic E-state index is 0.112. The van der Waals surface area contributed by atoms with Crippen LogP contribution in [0.2, 0.25) is 0 Å². The summed E-state index contributed by atoms with van der Waals surface area (Å²) in [4.78, 5) is 18.0. The second-order valence-electron chi connectivity index (χ2n) is 4.85. The highest BCUT2D eigenvalue weighted by atomic mass is 79.9. The lowest BCUT2D eigenvalue weighted by molar-refractivity contribution is -0.114. The third kappa shape index (κ3) is 3.83. The standard InChI is InChI=1S/C16H15BrN4O/c1-11-8-13(17)5-6-14(11)20-15(22)10-21(2)16-12(9-18)4-3-7-19-16/h3-8H,10H2,1-2H3,(H,20,22). The smallest absolute Gasteiger partial charge is 0.243 e. The van der Waals surface area contributed by atoms with Gasteiger partial charge >= 0.3 is 0 Å². The molecule has 2 rings (SSSR count). The van der Waals surface area contributed by atoms with E-state index in [0.717, 1.165) is 15.7 Å². The van der Waals surface area contributed by atoms with E-state index in [9.17, 15) is 4.79 Å². The quantitative estimate of drug-likeness (QED) is 0.911. The van der Waals surface area contributed by atoms with Gasteiger partial charge in [0.2, 0.25) is 5.91 Å². The van der Waals surface area contributed by atoms with Crippen molar-refractivity contribution in [2.75, 3.05) is 23.8 Å². The van der Waals surface area contributed by atoms with E-state index in [4.69, 9.17) is 5.26 Å². The van der Waals surface area contributed by atoms with Crippen molar-refractivity contribution in [1.29, 1.82) is 5.26 Å². The molecule has 112 valence electrons. The predicted molar refractivity (Wildman–Crippen MR) is 89.7 cm³/mol. The van der Waals surface area contributed by atoms with Crippen LogP contribution in [-0.4, -0.2) is 24.5 Å². The first-order chi connectivity index (χ1) is 10.5. The molecule has 0 saturated heterocycles. The number of nitrogens with zero attached hydrogens (tertiary/aromatic N) is 3. The zero-order valence-electron chi connectivity index (χ0n) is 12.3. The van der Waals surface area contributed by atoms with Crippen molar-refractivity contribution in [2.24, 2.45) is 0 Å². The van der Waals surface area contributed by atoms with E-state index in [0.29, 0.717) is 11.4 Å². The van der Waals surface area contributed by atoms with Crippen molar-refractivity contribution < 1.29 is 4.79 Å². The molecular formula is C16H15BrN4O. The summed E-state index contributed by atoms with van der Waals surface area (Å²) in [6.45, 7) is 2.04. The van der Waals surface area contributed by atoms with Gasteiger partial charge in [-0.15, -0.1) is 0 Å². The van der Waals surface area contributed by atoms with Crippen LogP contribution >= 0.6 is 15.9 Å². The maximum atomic E-state index is 12.2. The number of pyridine rings is 1. The summed E-state index contributed by atoms with van der Waals surface area (Å²) in [6, 6.07) is 11.1. The minimum Gasteiger partial charge on any atom is -0.349 e. The Kier molecular flexibility index (Phi) is 5.12. The first-order valence-electron chi connectivity index (χ1n) is 6.63. The number of nitrogens with one attached hydrogen (secondary N) is 1. The van der Waals surface area contributed by atoms with Crippen molar-refractivity contribution in [3.8, 4) is 6.07 Å². The van der Waals surface area contributed by atoms with E-state index >= 15 is 0 Å². The summed E-state index contributed by atoms with van der Waals surface area (Å²) >= 11 is 3.39. The van der Waals surface area contributed by atoms with Crippen LogP contribution in [0.4, 0.5) is 11.5 Å². The van der Waals surface area contributed by atoms with Crippen molar-refractivity contribution in [3.63, 3.8) is 0 Å². The molecule has 0 saturated carbocycles. The largest absolute Gasteiger partial charge is 0.349 e. The zero-order chi connectivity index (χ0) is 16.1. The van der Waals surface area contributed by atoms with Crippen LogP contribution in [0.1, 0.15) is 11.1 Å². The lowest BCUT2D eigenvalue weighted by Crippen LogP contribution is -2.31. The fourth-order valence-electron chi connectivity index (χ4n) is 2.04. The summed E-state index contributed by atoms with van der Waals surface area (Å²) in [5, 5.41) is 11.9. The topological polar surface area (TPSA) is 69.0 Å². The van der Waals surface area contributed by atoms with Crippen molar-refractivity contribution >= 4 is 33.3 Å². The Hall–Kier alpha value is -2.39. The molecule has 0 aliphatic rings. The second kappa shape index (κ2) is 7.05. The van der Waals surface area contributed by atoms with Crippen LogP contribution in [-0.2, 0) is 4.79 Å². The van der Waals surface area contributed by atoms with E-state index in [-0.39, 0.29) is 12.5 Å². The highest BCUT2D eigenvalue weighted by Gasteiger charge is 2.13. The number of halogens is 1. The Morgan fingerprint density at radius 2 is 2.23 bits per heavy atom. The van der Waals surface area contributed by atoms with Gasteiger partial charge in [-0.05, 0) is 42.8 Å². The molecule has 0 unspecified atom stereocenters. The molecule has 0 spiro atoms. The number of hydrogen-bond acceptors (Lipinski definition) is 4. The van der Waals surface area contributed by atoms with Gasteiger partial charge < -0.3 is 10.2 Å². The molecule has 1 amide bonds. The summed E-state index contributed by atoms with van der Waals surface area (Å²) in [7, 11) is 1.73. The molecule has 0 bridgehead atoms. The van der Waals surface area contributed by atoms with Gasteiger partial charge in [0, 0.05) is 23.4 Å². The number of aryl methyl sites for hydroxylation is 1. The molecule has 1 aromatic heterocycles. The van der Waals surface area contributed by atoms with E-state index in [1.807, 2.05) is 25.1 Å². The number of carbonyl (C=O) groups is 1. The van der Waals surface area contributed by atoms with Gasteiger partial charge in [-0.25, -0.2) is 4.98 Å². The summed E-state index contributed by atoms with van der Waals surface area (Å²) in [5.74, 6) is 0.329. The van der Waals surface area contributed by atoms with Gasteiger partial charge in [-0.3, -0.25) is 4.79 Å². The van der Waals surface area contributed by atoms with Gasteiger partial charge in [0.1, 0.15) is 11.9 Å². The normalized spacial score (nSPS) is 9.91. The third-order valence-electron chi connectivity index (χ3n) is 3.11. The Morgan fingerprint density at radius 1 is 1.45 bits per heavy atom. The maximum Gasteiger partial charge on any atom is 0.243 e. The molecule has 0 aliphatic heterocycles. The molecule has 5 nitrogen and oxygen atoms in total. The minimum atomic E-state index is -0.164. The molecule has 0 aliphatic carbocycles. The zero-order valence-corrected chi connectivity index (χ0v) is 13.9. The third-order valence-corrected chi connectivity index (χ3v) is 3.61. The van der Waals surface area contributed by atoms with Crippen molar-refractivity contribution in [2.45, 2.75) is 6.92 Å². The second-order valence-corrected chi connectivity index (χ2v) is 5.77. The highest BCUT2D eigenvalue weighted by molar-refractivity contribution is 9.10. The number of nitriles is 1. The monoisotopic (exact) mass is 358 g/mol. The molecular weight excluding hydrogens is 344 g/mol. The predicted octanol–water partition coefficient (Wildman–Crippen LogP) is 3.10. The lowest BCUT2D eigenvalue weighted by Gasteiger charge is -2.19. The first-order valence-corrected chi connectivity index (χ1v) is 7.43. The Bertz CT molecular complexity index is 739. The van der Waals surface area contributed by atoms with E-state index in [1.54, 1.807) is 30.3 Å². The fourth-order valence-corrected chi connectivity index (χ4v) is 2.51. The summed E-state index contributed by atoms with van der Waals surface area (Å²) in [5.41, 5.74) is 2.18. The van der Waals surface area contributed by atoms with E-state index in [2.05, 4.69) is 32.3 Å². The van der Waals surface area contributed by atoms with E-state index in [1.165, 1.54) is 0 Å². The average molecular weight is 359 g/mol. The molecule has 2 aromatic rings. The lowest BCUT2D eigenvalue weighted by atomic mass is 10.2. The van der Waals surface area contributed by atoms with Gasteiger partial charge in [0.25, 0.3) is 0 Å². The molecule has 1 heterocycles. The van der Waals surface area contributed by atoms with Crippen molar-refractivity contribution in [3.05, 3.63) is 52.1 Å². The molecule has 0 fully saturated rings. The summed E-state index contributed by atoms with van der Waals surface area (Å²) in [6.07, 6.45) is 1.60. The van der Waals surface area contributed by atoms with Crippen LogP contribution in [0.15, 0.2) is 41.0 Å². The number of rotatable bonds is 4. The number of likely N-dealkylation sites (N-methyl/N-ethyl adjacent to an activating group) is 1. The maximum absolute atomic E-state index is 12.2. The first kappa shape index (κ1) is 16.0. The average Bonchev–Trinajstić information content (AvgIpc) is 2.50. The number of hydrogen-bond donors (Lipinski definition) is 1.